The van der Waals surface area contributed by atoms with Gasteiger partial charge in [0.25, 0.3) is 0 Å². The number of fused-ring (bicyclic) bond motifs is 1. The lowest BCUT2D eigenvalue weighted by Gasteiger charge is -2.27. The van der Waals surface area contributed by atoms with Gasteiger partial charge in [0, 0.05) is 18.7 Å². The number of hydrogen-bond donors (Lipinski definition) is 0. The lowest BCUT2D eigenvalue weighted by atomic mass is 10.0. The Hall–Kier alpha value is -2.75. The van der Waals surface area contributed by atoms with Crippen LogP contribution in [0, 0.1) is 0 Å². The number of hydrogen-bond acceptors (Lipinski definition) is 4. The SMILES string of the molecule is CC(=O)c1cccc(-c2ccc3ncc(N4CCCCC4)nc3c2)c1. The van der Waals surface area contributed by atoms with Crippen molar-refractivity contribution in [2.45, 2.75) is 26.2 Å². The first-order valence-electron chi connectivity index (χ1n) is 8.84. The molecule has 0 atom stereocenters. The molecule has 0 bridgehead atoms. The van der Waals surface area contributed by atoms with Crippen molar-refractivity contribution in [3.63, 3.8) is 0 Å². The fraction of sp³-hybridized carbons (Fsp3) is 0.286. The molecule has 1 aliphatic heterocycles. The number of anilines is 1. The second-order valence-electron chi connectivity index (χ2n) is 6.62. The molecular weight excluding hydrogens is 310 g/mol. The van der Waals surface area contributed by atoms with Crippen LogP contribution in [0.15, 0.2) is 48.7 Å². The van der Waals surface area contributed by atoms with Crippen LogP contribution < -0.4 is 4.90 Å². The van der Waals surface area contributed by atoms with E-state index in [1.807, 2.05) is 42.6 Å². The fourth-order valence-corrected chi connectivity index (χ4v) is 3.37. The van der Waals surface area contributed by atoms with Gasteiger partial charge in [-0.15, -0.1) is 0 Å². The van der Waals surface area contributed by atoms with E-state index in [0.717, 1.165) is 46.6 Å². The number of ketones is 1. The molecule has 25 heavy (non-hydrogen) atoms. The van der Waals surface area contributed by atoms with Crippen molar-refractivity contribution in [2.24, 2.45) is 0 Å². The van der Waals surface area contributed by atoms with E-state index in [0.29, 0.717) is 0 Å². The third kappa shape index (κ3) is 3.25. The van der Waals surface area contributed by atoms with E-state index in [9.17, 15) is 4.79 Å². The van der Waals surface area contributed by atoms with E-state index >= 15 is 0 Å². The first-order chi connectivity index (χ1) is 12.2. The van der Waals surface area contributed by atoms with Gasteiger partial charge in [0.05, 0.1) is 17.2 Å². The number of rotatable bonds is 3. The molecule has 0 aliphatic carbocycles. The number of benzene rings is 2. The molecule has 1 aromatic heterocycles. The van der Waals surface area contributed by atoms with Crippen molar-refractivity contribution in [2.75, 3.05) is 18.0 Å². The van der Waals surface area contributed by atoms with Crippen LogP contribution in [0.4, 0.5) is 5.82 Å². The van der Waals surface area contributed by atoms with Gasteiger partial charge in [-0.3, -0.25) is 9.78 Å². The summed E-state index contributed by atoms with van der Waals surface area (Å²) in [5, 5.41) is 0. The molecule has 0 radical (unpaired) electrons. The lowest BCUT2D eigenvalue weighted by Crippen LogP contribution is -2.30. The number of Topliss-reactive ketones (excluding diaryl/α,β-unsaturated/α-hetero) is 1. The van der Waals surface area contributed by atoms with Crippen LogP contribution in [0.3, 0.4) is 0 Å². The predicted octanol–water partition coefficient (Wildman–Crippen LogP) is 4.49. The normalized spacial score (nSPS) is 14.7. The molecule has 0 N–H and O–H groups in total. The van der Waals surface area contributed by atoms with Crippen LogP contribution in [0.1, 0.15) is 36.5 Å². The summed E-state index contributed by atoms with van der Waals surface area (Å²) in [6.07, 6.45) is 5.62. The number of carbonyl (C=O) groups excluding carboxylic acids is 1. The summed E-state index contributed by atoms with van der Waals surface area (Å²) in [4.78, 5) is 23.4. The maximum absolute atomic E-state index is 11.6. The maximum atomic E-state index is 11.6. The molecule has 126 valence electrons. The Kier molecular flexibility index (Phi) is 4.18. The molecule has 4 heteroatoms. The number of aromatic nitrogens is 2. The van der Waals surface area contributed by atoms with Crippen molar-refractivity contribution in [3.8, 4) is 11.1 Å². The van der Waals surface area contributed by atoms with Crippen molar-refractivity contribution in [1.29, 1.82) is 0 Å². The molecule has 0 saturated carbocycles. The summed E-state index contributed by atoms with van der Waals surface area (Å²) in [5.74, 6) is 1.04. The predicted molar refractivity (Wildman–Crippen MR) is 101 cm³/mol. The van der Waals surface area contributed by atoms with Gasteiger partial charge in [-0.05, 0) is 55.5 Å². The van der Waals surface area contributed by atoms with Gasteiger partial charge in [-0.25, -0.2) is 4.98 Å². The van der Waals surface area contributed by atoms with E-state index in [2.05, 4.69) is 16.0 Å². The average molecular weight is 331 g/mol. The highest BCUT2D eigenvalue weighted by molar-refractivity contribution is 5.95. The third-order valence-electron chi connectivity index (χ3n) is 4.81. The Bertz CT molecular complexity index is 929. The first-order valence-corrected chi connectivity index (χ1v) is 8.84. The highest BCUT2D eigenvalue weighted by Gasteiger charge is 2.13. The van der Waals surface area contributed by atoms with Gasteiger partial charge in [0.15, 0.2) is 5.78 Å². The Morgan fingerprint density at radius 2 is 1.76 bits per heavy atom. The molecule has 2 aromatic carbocycles. The lowest BCUT2D eigenvalue weighted by molar-refractivity contribution is 0.101. The standard InChI is InChI=1S/C21H21N3O/c1-15(25)16-6-5-7-17(12-16)18-8-9-19-20(13-18)23-21(14-22-19)24-10-3-2-4-11-24/h5-9,12-14H,2-4,10-11H2,1H3. The number of nitrogens with zero attached hydrogens (tertiary/aromatic N) is 3. The minimum Gasteiger partial charge on any atom is -0.355 e. The van der Waals surface area contributed by atoms with Crippen LogP contribution in [0.25, 0.3) is 22.2 Å². The van der Waals surface area contributed by atoms with E-state index < -0.39 is 0 Å². The Labute approximate surface area is 147 Å². The molecule has 1 saturated heterocycles. The van der Waals surface area contributed by atoms with Crippen molar-refractivity contribution in [3.05, 3.63) is 54.2 Å². The topological polar surface area (TPSA) is 46.1 Å². The smallest absolute Gasteiger partial charge is 0.159 e. The van der Waals surface area contributed by atoms with Crippen LogP contribution in [0.2, 0.25) is 0 Å². The minimum atomic E-state index is 0.0785. The molecular formula is C21H21N3O. The van der Waals surface area contributed by atoms with Gasteiger partial charge in [-0.1, -0.05) is 24.3 Å². The van der Waals surface area contributed by atoms with Crippen molar-refractivity contribution in [1.82, 2.24) is 9.97 Å². The quantitative estimate of drug-likeness (QED) is 0.663. The molecule has 4 nitrogen and oxygen atoms in total. The van der Waals surface area contributed by atoms with Gasteiger partial charge in [-0.2, -0.15) is 0 Å². The second kappa shape index (κ2) is 6.63. The first kappa shape index (κ1) is 15.8. The molecule has 2 heterocycles. The molecule has 0 spiro atoms. The maximum Gasteiger partial charge on any atom is 0.159 e. The van der Waals surface area contributed by atoms with Gasteiger partial charge < -0.3 is 4.90 Å². The van der Waals surface area contributed by atoms with Crippen LogP contribution in [-0.2, 0) is 0 Å². The van der Waals surface area contributed by atoms with Gasteiger partial charge in [0.2, 0.25) is 0 Å². The van der Waals surface area contributed by atoms with E-state index in [-0.39, 0.29) is 5.78 Å². The monoisotopic (exact) mass is 331 g/mol. The fourth-order valence-electron chi connectivity index (χ4n) is 3.37. The summed E-state index contributed by atoms with van der Waals surface area (Å²) in [6, 6.07) is 13.8. The largest absolute Gasteiger partial charge is 0.355 e. The number of piperidine rings is 1. The highest BCUT2D eigenvalue weighted by Crippen LogP contribution is 2.26. The Morgan fingerprint density at radius 3 is 2.56 bits per heavy atom. The van der Waals surface area contributed by atoms with Crippen LogP contribution >= 0.6 is 0 Å². The van der Waals surface area contributed by atoms with Crippen molar-refractivity contribution >= 4 is 22.6 Å². The summed E-state index contributed by atoms with van der Waals surface area (Å²) in [6.45, 7) is 3.71. The third-order valence-corrected chi connectivity index (χ3v) is 4.81. The van der Waals surface area contributed by atoms with Crippen molar-refractivity contribution < 1.29 is 4.79 Å². The molecule has 1 aliphatic rings. The number of carbonyl (C=O) groups is 1. The summed E-state index contributed by atoms with van der Waals surface area (Å²) >= 11 is 0. The molecule has 0 amide bonds. The molecule has 3 aromatic rings. The average Bonchev–Trinajstić information content (AvgIpc) is 2.68. The van der Waals surface area contributed by atoms with E-state index in [1.165, 1.54) is 19.3 Å². The Balaban J connectivity index is 1.73. The van der Waals surface area contributed by atoms with Crippen LogP contribution in [0.5, 0.6) is 0 Å². The summed E-state index contributed by atoms with van der Waals surface area (Å²) in [7, 11) is 0. The molecule has 4 rings (SSSR count). The van der Waals surface area contributed by atoms with E-state index in [1.54, 1.807) is 6.92 Å². The Morgan fingerprint density at radius 1 is 0.960 bits per heavy atom. The van der Waals surface area contributed by atoms with E-state index in [4.69, 9.17) is 4.98 Å². The minimum absolute atomic E-state index is 0.0785. The highest BCUT2D eigenvalue weighted by atomic mass is 16.1. The van der Waals surface area contributed by atoms with Gasteiger partial charge in [0.1, 0.15) is 5.82 Å². The summed E-state index contributed by atoms with van der Waals surface area (Å²) < 4.78 is 0. The zero-order valence-corrected chi connectivity index (χ0v) is 14.4. The molecule has 0 unspecified atom stereocenters. The zero-order valence-electron chi connectivity index (χ0n) is 14.4. The summed E-state index contributed by atoms with van der Waals surface area (Å²) in [5.41, 5.74) is 4.60. The second-order valence-corrected chi connectivity index (χ2v) is 6.62. The zero-order chi connectivity index (χ0) is 17.2. The van der Waals surface area contributed by atoms with Crippen LogP contribution in [-0.4, -0.2) is 28.8 Å². The molecule has 1 fully saturated rings. The van der Waals surface area contributed by atoms with Gasteiger partial charge >= 0.3 is 0 Å².